The molecule has 0 amide bonds. The van der Waals surface area contributed by atoms with Crippen molar-refractivity contribution in [3.8, 4) is 0 Å². The van der Waals surface area contributed by atoms with Crippen LogP contribution in [0.15, 0.2) is 41.8 Å². The Morgan fingerprint density at radius 1 is 1.21 bits per heavy atom. The SMILES string of the molecule is CC(CC(O)c1cccs1)Nc1nnc(Cc2ccccc2F)s1. The number of anilines is 1. The van der Waals surface area contributed by atoms with E-state index >= 15 is 0 Å². The molecule has 0 saturated carbocycles. The highest BCUT2D eigenvalue weighted by molar-refractivity contribution is 7.15. The molecule has 0 aliphatic heterocycles. The quantitative estimate of drug-likeness (QED) is 0.659. The average Bonchev–Trinajstić information content (AvgIpc) is 3.21. The lowest BCUT2D eigenvalue weighted by Gasteiger charge is -2.16. The van der Waals surface area contributed by atoms with Crippen LogP contribution in [0.1, 0.15) is 34.9 Å². The minimum Gasteiger partial charge on any atom is -0.387 e. The van der Waals surface area contributed by atoms with E-state index in [9.17, 15) is 9.50 Å². The second-order valence-corrected chi connectivity index (χ2v) is 7.62. The maximum atomic E-state index is 13.7. The fourth-order valence-electron chi connectivity index (χ4n) is 2.39. The highest BCUT2D eigenvalue weighted by atomic mass is 32.1. The van der Waals surface area contributed by atoms with Gasteiger partial charge < -0.3 is 10.4 Å². The summed E-state index contributed by atoms with van der Waals surface area (Å²) in [4.78, 5) is 0.959. The molecule has 7 heteroatoms. The van der Waals surface area contributed by atoms with E-state index in [0.29, 0.717) is 23.5 Å². The van der Waals surface area contributed by atoms with Gasteiger partial charge in [-0.2, -0.15) is 0 Å². The molecule has 0 radical (unpaired) electrons. The lowest BCUT2D eigenvalue weighted by atomic mass is 10.1. The highest BCUT2D eigenvalue weighted by Crippen LogP contribution is 2.25. The van der Waals surface area contributed by atoms with Crippen LogP contribution in [-0.4, -0.2) is 21.3 Å². The van der Waals surface area contributed by atoms with Crippen LogP contribution in [0.4, 0.5) is 9.52 Å². The van der Waals surface area contributed by atoms with Crippen LogP contribution in [0.3, 0.4) is 0 Å². The Bertz CT molecular complexity index is 776. The number of halogens is 1. The molecule has 0 saturated heterocycles. The average molecular weight is 363 g/mol. The summed E-state index contributed by atoms with van der Waals surface area (Å²) < 4.78 is 13.7. The minimum atomic E-state index is -0.488. The van der Waals surface area contributed by atoms with Crippen LogP contribution in [0.2, 0.25) is 0 Å². The monoisotopic (exact) mass is 363 g/mol. The van der Waals surface area contributed by atoms with Crippen molar-refractivity contribution in [2.45, 2.75) is 31.9 Å². The lowest BCUT2D eigenvalue weighted by Crippen LogP contribution is -2.18. The molecule has 4 nitrogen and oxygen atoms in total. The summed E-state index contributed by atoms with van der Waals surface area (Å²) in [6, 6.07) is 10.6. The molecule has 0 bridgehead atoms. The van der Waals surface area contributed by atoms with Crippen molar-refractivity contribution < 1.29 is 9.50 Å². The topological polar surface area (TPSA) is 58.0 Å². The lowest BCUT2D eigenvalue weighted by molar-refractivity contribution is 0.166. The first-order valence-electron chi connectivity index (χ1n) is 7.65. The molecule has 1 aromatic carbocycles. The minimum absolute atomic E-state index is 0.0522. The van der Waals surface area contributed by atoms with E-state index in [4.69, 9.17) is 0 Å². The molecular formula is C17H18FN3OS2. The summed E-state index contributed by atoms with van der Waals surface area (Å²) in [5.41, 5.74) is 0.612. The van der Waals surface area contributed by atoms with Crippen molar-refractivity contribution in [1.29, 1.82) is 0 Å². The zero-order valence-corrected chi connectivity index (χ0v) is 14.8. The van der Waals surface area contributed by atoms with Gasteiger partial charge in [0.15, 0.2) is 0 Å². The predicted octanol–water partition coefficient (Wildman–Crippen LogP) is 4.25. The van der Waals surface area contributed by atoms with E-state index < -0.39 is 6.10 Å². The molecule has 0 aliphatic carbocycles. The molecule has 0 spiro atoms. The highest BCUT2D eigenvalue weighted by Gasteiger charge is 2.15. The zero-order chi connectivity index (χ0) is 16.9. The van der Waals surface area contributed by atoms with Gasteiger partial charge in [0.05, 0.1) is 6.10 Å². The van der Waals surface area contributed by atoms with Crippen molar-refractivity contribution in [2.75, 3.05) is 5.32 Å². The molecule has 0 fully saturated rings. The Morgan fingerprint density at radius 2 is 2.04 bits per heavy atom. The van der Waals surface area contributed by atoms with Crippen molar-refractivity contribution in [2.24, 2.45) is 0 Å². The van der Waals surface area contributed by atoms with Gasteiger partial charge >= 0.3 is 0 Å². The van der Waals surface area contributed by atoms with E-state index in [1.807, 2.05) is 30.5 Å². The van der Waals surface area contributed by atoms with Gasteiger partial charge in [-0.1, -0.05) is 35.6 Å². The molecule has 2 atom stereocenters. The third-order valence-electron chi connectivity index (χ3n) is 3.58. The Morgan fingerprint density at radius 3 is 2.79 bits per heavy atom. The Balaban J connectivity index is 1.56. The van der Waals surface area contributed by atoms with Crippen LogP contribution in [0, 0.1) is 5.82 Å². The molecule has 24 heavy (non-hydrogen) atoms. The van der Waals surface area contributed by atoms with E-state index in [1.54, 1.807) is 23.5 Å². The second-order valence-electron chi connectivity index (χ2n) is 5.58. The molecular weight excluding hydrogens is 345 g/mol. The number of nitrogens with one attached hydrogen (secondary N) is 1. The Hall–Kier alpha value is -1.83. The van der Waals surface area contributed by atoms with Gasteiger partial charge in [-0.25, -0.2) is 4.39 Å². The van der Waals surface area contributed by atoms with E-state index in [-0.39, 0.29) is 11.9 Å². The molecule has 2 aromatic heterocycles. The number of rotatable bonds is 7. The summed E-state index contributed by atoms with van der Waals surface area (Å²) >= 11 is 2.96. The number of hydrogen-bond donors (Lipinski definition) is 2. The maximum Gasteiger partial charge on any atom is 0.205 e. The first-order valence-corrected chi connectivity index (χ1v) is 9.35. The van der Waals surface area contributed by atoms with E-state index in [2.05, 4.69) is 15.5 Å². The standard InChI is InChI=1S/C17H18FN3OS2/c1-11(9-14(22)15-7-4-8-23-15)19-17-21-20-16(24-17)10-12-5-2-3-6-13(12)18/h2-8,11,14,22H,9-10H2,1H3,(H,19,21). The normalized spacial score (nSPS) is 13.6. The van der Waals surface area contributed by atoms with Gasteiger partial charge in [-0.15, -0.1) is 21.5 Å². The van der Waals surface area contributed by atoms with Gasteiger partial charge in [-0.05, 0) is 36.4 Å². The van der Waals surface area contributed by atoms with Crippen molar-refractivity contribution in [3.63, 3.8) is 0 Å². The Kier molecular flexibility index (Phi) is 5.55. The number of aliphatic hydroxyl groups is 1. The largest absolute Gasteiger partial charge is 0.387 e. The van der Waals surface area contributed by atoms with Crippen molar-refractivity contribution in [1.82, 2.24) is 10.2 Å². The number of hydrogen-bond acceptors (Lipinski definition) is 6. The molecule has 2 unspecified atom stereocenters. The first-order chi connectivity index (χ1) is 11.6. The molecule has 2 N–H and O–H groups in total. The molecule has 126 valence electrons. The summed E-state index contributed by atoms with van der Waals surface area (Å²) in [6.45, 7) is 1.99. The van der Waals surface area contributed by atoms with Crippen LogP contribution in [0.25, 0.3) is 0 Å². The fourth-order valence-corrected chi connectivity index (χ4v) is 3.99. The zero-order valence-electron chi connectivity index (χ0n) is 13.1. The molecule has 3 rings (SSSR count). The molecule has 2 heterocycles. The maximum absolute atomic E-state index is 13.7. The van der Waals surface area contributed by atoms with E-state index in [1.165, 1.54) is 17.4 Å². The number of aromatic nitrogens is 2. The van der Waals surface area contributed by atoms with Gasteiger partial charge in [-0.3, -0.25) is 0 Å². The van der Waals surface area contributed by atoms with Gasteiger partial charge in [0.25, 0.3) is 0 Å². The Labute approximate surface area is 148 Å². The van der Waals surface area contributed by atoms with Crippen LogP contribution < -0.4 is 5.32 Å². The van der Waals surface area contributed by atoms with Crippen LogP contribution in [0.5, 0.6) is 0 Å². The second kappa shape index (κ2) is 7.83. The third kappa shape index (κ3) is 4.37. The summed E-state index contributed by atoms with van der Waals surface area (Å²) in [7, 11) is 0. The third-order valence-corrected chi connectivity index (χ3v) is 5.41. The van der Waals surface area contributed by atoms with Gasteiger partial charge in [0, 0.05) is 17.3 Å². The fraction of sp³-hybridized carbons (Fsp3) is 0.294. The number of aliphatic hydroxyl groups excluding tert-OH is 1. The molecule has 0 aliphatic rings. The van der Waals surface area contributed by atoms with Crippen molar-refractivity contribution in [3.05, 3.63) is 63.0 Å². The van der Waals surface area contributed by atoms with Crippen LogP contribution in [-0.2, 0) is 6.42 Å². The van der Waals surface area contributed by atoms with E-state index in [0.717, 1.165) is 9.88 Å². The summed E-state index contributed by atoms with van der Waals surface area (Å²) in [5.74, 6) is -0.227. The summed E-state index contributed by atoms with van der Waals surface area (Å²) in [5, 5.41) is 25.1. The van der Waals surface area contributed by atoms with Crippen molar-refractivity contribution >= 4 is 27.8 Å². The van der Waals surface area contributed by atoms with Gasteiger partial charge in [0.2, 0.25) is 5.13 Å². The smallest absolute Gasteiger partial charge is 0.205 e. The molecule has 3 aromatic rings. The van der Waals surface area contributed by atoms with Gasteiger partial charge in [0.1, 0.15) is 10.8 Å². The number of benzene rings is 1. The summed E-state index contributed by atoms with van der Waals surface area (Å²) in [6.07, 6.45) is 0.527. The predicted molar refractivity (Wildman–Crippen MR) is 96.1 cm³/mol. The number of thiophene rings is 1. The number of nitrogens with zero attached hydrogens (tertiary/aromatic N) is 2. The first kappa shape index (κ1) is 17.0. The van der Waals surface area contributed by atoms with Crippen LogP contribution >= 0.6 is 22.7 Å².